The van der Waals surface area contributed by atoms with Gasteiger partial charge in [0.2, 0.25) is 0 Å². The molecular weight excluding hydrogens is 484 g/mol. The first-order valence-electron chi connectivity index (χ1n) is 13.1. The molecule has 0 unspecified atom stereocenters. The summed E-state index contributed by atoms with van der Waals surface area (Å²) in [6.07, 6.45) is 2.36. The van der Waals surface area contributed by atoms with Gasteiger partial charge in [0.15, 0.2) is 0 Å². The number of nitrogens with zero attached hydrogens (tertiary/aromatic N) is 2. The van der Waals surface area contributed by atoms with Gasteiger partial charge in [0.1, 0.15) is 23.9 Å². The molecule has 1 N–H and O–H groups in total. The Balaban J connectivity index is 1.68. The number of amides is 1. The van der Waals surface area contributed by atoms with Gasteiger partial charge < -0.3 is 24.2 Å². The lowest BCUT2D eigenvalue weighted by Crippen LogP contribution is -2.38. The molecule has 0 bridgehead atoms. The largest absolute Gasteiger partial charge is 0.507 e. The van der Waals surface area contributed by atoms with E-state index in [1.54, 1.807) is 35.2 Å². The van der Waals surface area contributed by atoms with Crippen LogP contribution >= 0.6 is 0 Å². The summed E-state index contributed by atoms with van der Waals surface area (Å²) in [6, 6.07) is 11.9. The number of likely N-dealkylation sites (tertiary alicyclic amines) is 1. The summed E-state index contributed by atoms with van der Waals surface area (Å²) in [6.45, 7) is 12.6. The van der Waals surface area contributed by atoms with E-state index in [-0.39, 0.29) is 11.3 Å². The van der Waals surface area contributed by atoms with Crippen LogP contribution in [0.1, 0.15) is 36.1 Å². The minimum Gasteiger partial charge on any atom is -0.507 e. The van der Waals surface area contributed by atoms with E-state index in [1.807, 2.05) is 32.0 Å². The number of ether oxygens (including phenoxy) is 3. The van der Waals surface area contributed by atoms with Crippen molar-refractivity contribution in [2.45, 2.75) is 26.3 Å². The molecule has 4 rings (SSSR count). The van der Waals surface area contributed by atoms with Gasteiger partial charge in [-0.1, -0.05) is 24.8 Å². The number of aliphatic hydroxyl groups is 1. The van der Waals surface area contributed by atoms with Crippen LogP contribution in [-0.2, 0) is 14.3 Å². The van der Waals surface area contributed by atoms with Crippen LogP contribution in [0.25, 0.3) is 5.76 Å². The second kappa shape index (κ2) is 12.8. The van der Waals surface area contributed by atoms with Gasteiger partial charge in [-0.25, -0.2) is 0 Å². The number of aryl methyl sites for hydroxylation is 1. The Hall–Kier alpha value is -3.62. The highest BCUT2D eigenvalue weighted by Gasteiger charge is 2.46. The molecule has 2 aliphatic heterocycles. The summed E-state index contributed by atoms with van der Waals surface area (Å²) >= 11 is 0. The summed E-state index contributed by atoms with van der Waals surface area (Å²) in [5, 5.41) is 11.4. The van der Waals surface area contributed by atoms with E-state index in [2.05, 4.69) is 11.5 Å². The Bertz CT molecular complexity index is 1180. The second-order valence-corrected chi connectivity index (χ2v) is 9.38. The minimum absolute atomic E-state index is 0.0911. The van der Waals surface area contributed by atoms with E-state index < -0.39 is 17.7 Å². The van der Waals surface area contributed by atoms with Crippen LogP contribution in [0.4, 0.5) is 0 Å². The van der Waals surface area contributed by atoms with E-state index >= 15 is 0 Å². The molecule has 0 radical (unpaired) electrons. The van der Waals surface area contributed by atoms with Gasteiger partial charge in [-0.05, 0) is 61.7 Å². The predicted molar refractivity (Wildman–Crippen MR) is 145 cm³/mol. The van der Waals surface area contributed by atoms with Crippen molar-refractivity contribution in [1.29, 1.82) is 0 Å². The number of Topliss-reactive ketones (excluding diaryl/α,β-unsaturated/α-hetero) is 1. The fraction of sp³-hybridized carbons (Fsp3) is 0.400. The van der Waals surface area contributed by atoms with Gasteiger partial charge in [0, 0.05) is 31.7 Å². The first kappa shape index (κ1) is 27.4. The first-order valence-corrected chi connectivity index (χ1v) is 13.1. The summed E-state index contributed by atoms with van der Waals surface area (Å²) in [4.78, 5) is 30.5. The summed E-state index contributed by atoms with van der Waals surface area (Å²) in [7, 11) is 0. The summed E-state index contributed by atoms with van der Waals surface area (Å²) in [5.74, 6) is -0.137. The van der Waals surface area contributed by atoms with E-state index in [0.29, 0.717) is 56.5 Å². The van der Waals surface area contributed by atoms with E-state index in [4.69, 9.17) is 14.2 Å². The average Bonchev–Trinajstić information content (AvgIpc) is 3.18. The number of ketones is 1. The maximum atomic E-state index is 13.4. The van der Waals surface area contributed by atoms with Crippen molar-refractivity contribution < 1.29 is 28.9 Å². The Morgan fingerprint density at radius 3 is 2.45 bits per heavy atom. The van der Waals surface area contributed by atoms with Crippen LogP contribution < -0.4 is 9.47 Å². The lowest BCUT2D eigenvalue weighted by Gasteiger charge is -2.29. The van der Waals surface area contributed by atoms with Crippen molar-refractivity contribution >= 4 is 17.4 Å². The van der Waals surface area contributed by atoms with E-state index in [1.165, 1.54) is 0 Å². The Morgan fingerprint density at radius 1 is 1.08 bits per heavy atom. The molecule has 2 aromatic rings. The number of benzene rings is 2. The summed E-state index contributed by atoms with van der Waals surface area (Å²) in [5.41, 5.74) is 2.06. The number of morpholine rings is 1. The minimum atomic E-state index is -0.709. The molecule has 2 saturated heterocycles. The molecule has 2 fully saturated rings. The molecule has 8 nitrogen and oxygen atoms in total. The third-order valence-corrected chi connectivity index (χ3v) is 6.84. The van der Waals surface area contributed by atoms with Crippen LogP contribution in [0.2, 0.25) is 0 Å². The van der Waals surface area contributed by atoms with Gasteiger partial charge in [-0.2, -0.15) is 0 Å². The fourth-order valence-electron chi connectivity index (χ4n) is 4.95. The van der Waals surface area contributed by atoms with Crippen molar-refractivity contribution in [3.63, 3.8) is 0 Å². The lowest BCUT2D eigenvalue weighted by atomic mass is 9.93. The Morgan fingerprint density at radius 2 is 1.79 bits per heavy atom. The van der Waals surface area contributed by atoms with E-state index in [0.717, 1.165) is 30.8 Å². The van der Waals surface area contributed by atoms with Gasteiger partial charge >= 0.3 is 0 Å². The number of carbonyl (C=O) groups is 2. The molecule has 0 aromatic heterocycles. The number of hydrogen-bond acceptors (Lipinski definition) is 7. The van der Waals surface area contributed by atoms with Crippen molar-refractivity contribution in [3.8, 4) is 11.5 Å². The number of aliphatic hydroxyl groups excluding tert-OH is 1. The molecule has 2 heterocycles. The average molecular weight is 521 g/mol. The SMILES string of the molecule is C=CCOc1ccc([C@@H]2C(=C(O)c3ccc(OCC)cc3C)C(=O)C(=O)N2CCCN2CCOCC2)cc1. The highest BCUT2D eigenvalue weighted by Crippen LogP contribution is 2.40. The zero-order valence-corrected chi connectivity index (χ0v) is 22.2. The number of hydrogen-bond donors (Lipinski definition) is 1. The molecule has 0 spiro atoms. The predicted octanol–water partition coefficient (Wildman–Crippen LogP) is 4.10. The normalized spacial score (nSPS) is 19.5. The Labute approximate surface area is 224 Å². The van der Waals surface area contributed by atoms with Crippen LogP contribution in [0.5, 0.6) is 11.5 Å². The van der Waals surface area contributed by atoms with Crippen LogP contribution in [-0.4, -0.2) is 79.2 Å². The zero-order chi connectivity index (χ0) is 27.1. The molecule has 2 aromatic carbocycles. The first-order chi connectivity index (χ1) is 18.4. The second-order valence-electron chi connectivity index (χ2n) is 9.38. The molecular formula is C30H36N2O6. The quantitative estimate of drug-likeness (QED) is 0.207. The van der Waals surface area contributed by atoms with Crippen molar-refractivity contribution in [3.05, 3.63) is 77.4 Å². The van der Waals surface area contributed by atoms with Crippen molar-refractivity contribution in [2.75, 3.05) is 52.6 Å². The smallest absolute Gasteiger partial charge is 0.295 e. The van der Waals surface area contributed by atoms with Gasteiger partial charge in [0.05, 0.1) is 31.4 Å². The molecule has 0 saturated carbocycles. The third kappa shape index (κ3) is 6.09. The highest BCUT2D eigenvalue weighted by atomic mass is 16.5. The third-order valence-electron chi connectivity index (χ3n) is 6.84. The molecule has 1 amide bonds. The maximum Gasteiger partial charge on any atom is 0.295 e. The van der Waals surface area contributed by atoms with Crippen molar-refractivity contribution in [2.24, 2.45) is 0 Å². The van der Waals surface area contributed by atoms with Gasteiger partial charge in [-0.15, -0.1) is 0 Å². The lowest BCUT2D eigenvalue weighted by molar-refractivity contribution is -0.140. The van der Waals surface area contributed by atoms with Gasteiger partial charge in [0.25, 0.3) is 11.7 Å². The molecule has 0 aliphatic carbocycles. The molecule has 2 aliphatic rings. The topological polar surface area (TPSA) is 88.5 Å². The van der Waals surface area contributed by atoms with Crippen LogP contribution in [0.3, 0.4) is 0 Å². The molecule has 38 heavy (non-hydrogen) atoms. The Kier molecular flexibility index (Phi) is 9.20. The number of carbonyl (C=O) groups excluding carboxylic acids is 2. The van der Waals surface area contributed by atoms with E-state index in [9.17, 15) is 14.7 Å². The van der Waals surface area contributed by atoms with Crippen LogP contribution in [0, 0.1) is 6.92 Å². The fourth-order valence-corrected chi connectivity index (χ4v) is 4.95. The standard InChI is InChI=1S/C30H36N2O6/c1-4-17-38-23-9-7-22(8-10-23)27-26(28(33)25-12-11-24(37-5-2)20-21(25)3)29(34)30(35)32(27)14-6-13-31-15-18-36-19-16-31/h4,7-12,20,27,33H,1,5-6,13-19H2,2-3H3/t27-/m1/s1. The van der Waals surface area contributed by atoms with Crippen LogP contribution in [0.15, 0.2) is 60.7 Å². The molecule has 8 heteroatoms. The molecule has 1 atom stereocenters. The highest BCUT2D eigenvalue weighted by molar-refractivity contribution is 6.46. The summed E-state index contributed by atoms with van der Waals surface area (Å²) < 4.78 is 16.6. The van der Waals surface area contributed by atoms with Gasteiger partial charge in [-0.3, -0.25) is 14.5 Å². The zero-order valence-electron chi connectivity index (χ0n) is 22.2. The molecule has 202 valence electrons. The number of rotatable bonds is 11. The monoisotopic (exact) mass is 520 g/mol. The van der Waals surface area contributed by atoms with Crippen molar-refractivity contribution in [1.82, 2.24) is 9.80 Å². The maximum absolute atomic E-state index is 13.4.